The maximum Gasteiger partial charge on any atom is 0.335 e. The predicted octanol–water partition coefficient (Wildman–Crippen LogP) is 3.54. The normalized spacial score (nSPS) is 16.3. The number of amides is 3. The second-order valence-corrected chi connectivity index (χ2v) is 7.36. The van der Waals surface area contributed by atoms with Gasteiger partial charge in [0, 0.05) is 12.1 Å². The van der Waals surface area contributed by atoms with Crippen LogP contribution in [0.5, 0.6) is 0 Å². The number of aryl methyl sites for hydroxylation is 1. The van der Waals surface area contributed by atoms with Gasteiger partial charge in [0.25, 0.3) is 5.24 Å². The van der Waals surface area contributed by atoms with E-state index in [-0.39, 0.29) is 12.0 Å². The Morgan fingerprint density at radius 2 is 1.86 bits per heavy atom. The summed E-state index contributed by atoms with van der Waals surface area (Å²) < 4.78 is 0. The lowest BCUT2D eigenvalue weighted by molar-refractivity contribution is -0.121. The number of aromatic carboxylic acids is 1. The Hall–Kier alpha value is -3.13. The SMILES string of the molecule is CCc1ccc(N2C(=O)SC(CC(=O)Nc3cccc(C(=O)O)c3)C2=O)cc1. The lowest BCUT2D eigenvalue weighted by Crippen LogP contribution is -2.32. The molecule has 0 radical (unpaired) electrons. The molecule has 1 aliphatic heterocycles. The summed E-state index contributed by atoms with van der Waals surface area (Å²) in [6, 6.07) is 13.0. The van der Waals surface area contributed by atoms with Crippen LogP contribution in [-0.2, 0) is 16.0 Å². The molecule has 144 valence electrons. The minimum atomic E-state index is -1.10. The summed E-state index contributed by atoms with van der Waals surface area (Å²) in [5, 5.41) is 10.3. The predicted molar refractivity (Wildman–Crippen MR) is 107 cm³/mol. The third kappa shape index (κ3) is 4.23. The van der Waals surface area contributed by atoms with Crippen molar-refractivity contribution in [3.63, 3.8) is 0 Å². The molecule has 2 N–H and O–H groups in total. The number of carbonyl (C=O) groups is 4. The van der Waals surface area contributed by atoms with Crippen LogP contribution in [0.2, 0.25) is 0 Å². The average molecular weight is 398 g/mol. The van der Waals surface area contributed by atoms with Crippen molar-refractivity contribution in [3.8, 4) is 0 Å². The van der Waals surface area contributed by atoms with Gasteiger partial charge in [-0.25, -0.2) is 9.69 Å². The number of nitrogens with zero attached hydrogens (tertiary/aromatic N) is 1. The van der Waals surface area contributed by atoms with Crippen LogP contribution in [0.3, 0.4) is 0 Å². The van der Waals surface area contributed by atoms with Crippen molar-refractivity contribution < 1.29 is 24.3 Å². The summed E-state index contributed by atoms with van der Waals surface area (Å²) in [4.78, 5) is 49.3. The van der Waals surface area contributed by atoms with E-state index in [2.05, 4.69) is 5.32 Å². The van der Waals surface area contributed by atoms with E-state index in [0.29, 0.717) is 11.4 Å². The van der Waals surface area contributed by atoms with Gasteiger partial charge < -0.3 is 10.4 Å². The molecule has 0 bridgehead atoms. The molecule has 0 aromatic heterocycles. The molecule has 2 aromatic rings. The molecular formula is C20H18N2O5S. The van der Waals surface area contributed by atoms with E-state index in [1.54, 1.807) is 18.2 Å². The van der Waals surface area contributed by atoms with Crippen LogP contribution >= 0.6 is 11.8 Å². The Morgan fingerprint density at radius 3 is 2.50 bits per heavy atom. The van der Waals surface area contributed by atoms with E-state index >= 15 is 0 Å². The number of imide groups is 1. The Bertz CT molecular complexity index is 942. The van der Waals surface area contributed by atoms with Crippen LogP contribution < -0.4 is 10.2 Å². The fourth-order valence-electron chi connectivity index (χ4n) is 2.81. The summed E-state index contributed by atoms with van der Waals surface area (Å²) in [5.41, 5.74) is 1.94. The van der Waals surface area contributed by atoms with Crippen molar-refractivity contribution in [2.45, 2.75) is 25.0 Å². The maximum absolute atomic E-state index is 12.6. The molecule has 1 heterocycles. The molecule has 1 atom stereocenters. The molecule has 1 unspecified atom stereocenters. The molecule has 3 rings (SSSR count). The van der Waals surface area contributed by atoms with Gasteiger partial charge in [-0.2, -0.15) is 0 Å². The lowest BCUT2D eigenvalue weighted by atomic mass is 10.1. The van der Waals surface area contributed by atoms with Crippen molar-refractivity contribution in [2.24, 2.45) is 0 Å². The molecule has 0 saturated carbocycles. The molecule has 3 amide bonds. The van der Waals surface area contributed by atoms with Crippen LogP contribution in [0.25, 0.3) is 0 Å². The highest BCUT2D eigenvalue weighted by Crippen LogP contribution is 2.33. The van der Waals surface area contributed by atoms with Crippen LogP contribution in [0, 0.1) is 0 Å². The van der Waals surface area contributed by atoms with Crippen molar-refractivity contribution in [2.75, 3.05) is 10.2 Å². The molecule has 28 heavy (non-hydrogen) atoms. The molecule has 2 aromatic carbocycles. The Kier molecular flexibility index (Phi) is 5.79. The molecule has 7 nitrogen and oxygen atoms in total. The highest BCUT2D eigenvalue weighted by molar-refractivity contribution is 8.15. The van der Waals surface area contributed by atoms with Crippen LogP contribution in [0.1, 0.15) is 29.3 Å². The third-order valence-electron chi connectivity index (χ3n) is 4.29. The molecule has 8 heteroatoms. The first kappa shape index (κ1) is 19.6. The standard InChI is InChI=1S/C20H18N2O5S/c1-2-12-6-8-15(9-7-12)22-18(24)16(28-20(22)27)11-17(23)21-14-5-3-4-13(10-14)19(25)26/h3-10,16H,2,11H2,1H3,(H,21,23)(H,25,26). The van der Waals surface area contributed by atoms with E-state index in [1.807, 2.05) is 19.1 Å². The minimum Gasteiger partial charge on any atom is -0.478 e. The van der Waals surface area contributed by atoms with E-state index in [9.17, 15) is 19.2 Å². The van der Waals surface area contributed by atoms with Gasteiger partial charge in [-0.1, -0.05) is 25.1 Å². The van der Waals surface area contributed by atoms with Crippen LogP contribution in [0.15, 0.2) is 48.5 Å². The Labute approximate surface area is 165 Å². The quantitative estimate of drug-likeness (QED) is 0.771. The Balaban J connectivity index is 1.67. The number of hydrogen-bond donors (Lipinski definition) is 2. The molecule has 1 saturated heterocycles. The number of carbonyl (C=O) groups excluding carboxylic acids is 3. The van der Waals surface area contributed by atoms with E-state index in [1.165, 1.54) is 18.2 Å². The molecule has 0 aliphatic carbocycles. The molecule has 1 aliphatic rings. The summed E-state index contributed by atoms with van der Waals surface area (Å²) in [7, 11) is 0. The zero-order valence-corrected chi connectivity index (χ0v) is 15.9. The highest BCUT2D eigenvalue weighted by Gasteiger charge is 2.41. The van der Waals surface area contributed by atoms with Crippen LogP contribution in [-0.4, -0.2) is 33.4 Å². The first-order chi connectivity index (χ1) is 13.4. The second kappa shape index (κ2) is 8.26. The zero-order valence-electron chi connectivity index (χ0n) is 15.0. The van der Waals surface area contributed by atoms with Crippen molar-refractivity contribution in [1.29, 1.82) is 0 Å². The number of thioether (sulfide) groups is 1. The summed E-state index contributed by atoms with van der Waals surface area (Å²) >= 11 is 0.816. The van der Waals surface area contributed by atoms with E-state index in [0.717, 1.165) is 28.6 Å². The number of carboxylic acid groups (broad SMARTS) is 1. The lowest BCUT2D eigenvalue weighted by Gasteiger charge is -2.14. The fourth-order valence-corrected chi connectivity index (χ4v) is 3.80. The number of hydrogen-bond acceptors (Lipinski definition) is 5. The summed E-state index contributed by atoms with van der Waals surface area (Å²) in [6.07, 6.45) is 0.666. The molecule has 1 fully saturated rings. The largest absolute Gasteiger partial charge is 0.478 e. The molecule has 0 spiro atoms. The third-order valence-corrected chi connectivity index (χ3v) is 5.33. The van der Waals surface area contributed by atoms with Crippen LogP contribution in [0.4, 0.5) is 16.2 Å². The van der Waals surface area contributed by atoms with Crippen molar-refractivity contribution in [3.05, 3.63) is 59.7 Å². The van der Waals surface area contributed by atoms with Gasteiger partial charge in [0.1, 0.15) is 5.25 Å². The van der Waals surface area contributed by atoms with Gasteiger partial charge in [0.15, 0.2) is 0 Å². The Morgan fingerprint density at radius 1 is 1.14 bits per heavy atom. The summed E-state index contributed by atoms with van der Waals surface area (Å²) in [6.45, 7) is 2.01. The number of nitrogens with one attached hydrogen (secondary N) is 1. The van der Waals surface area contributed by atoms with Gasteiger partial charge in [0.2, 0.25) is 11.8 Å². The smallest absolute Gasteiger partial charge is 0.335 e. The van der Waals surface area contributed by atoms with E-state index in [4.69, 9.17) is 5.11 Å². The van der Waals surface area contributed by atoms with Gasteiger partial charge in [-0.3, -0.25) is 14.4 Å². The first-order valence-electron chi connectivity index (χ1n) is 8.65. The topological polar surface area (TPSA) is 104 Å². The fraction of sp³-hybridized carbons (Fsp3) is 0.200. The van der Waals surface area contributed by atoms with Crippen molar-refractivity contribution >= 4 is 46.2 Å². The van der Waals surface area contributed by atoms with Gasteiger partial charge in [-0.05, 0) is 54.1 Å². The van der Waals surface area contributed by atoms with E-state index < -0.39 is 28.3 Å². The number of carboxylic acids is 1. The zero-order chi connectivity index (χ0) is 20.3. The maximum atomic E-state index is 12.6. The molecular weight excluding hydrogens is 380 g/mol. The number of benzene rings is 2. The number of rotatable bonds is 6. The van der Waals surface area contributed by atoms with Gasteiger partial charge >= 0.3 is 5.97 Å². The highest BCUT2D eigenvalue weighted by atomic mass is 32.2. The number of anilines is 2. The minimum absolute atomic E-state index is 0.0426. The first-order valence-corrected chi connectivity index (χ1v) is 9.53. The summed E-state index contributed by atoms with van der Waals surface area (Å²) in [5.74, 6) is -2.01. The van der Waals surface area contributed by atoms with Gasteiger partial charge in [-0.15, -0.1) is 0 Å². The van der Waals surface area contributed by atoms with Crippen molar-refractivity contribution in [1.82, 2.24) is 0 Å². The van der Waals surface area contributed by atoms with Gasteiger partial charge in [0.05, 0.1) is 11.3 Å². The second-order valence-electron chi connectivity index (χ2n) is 6.20. The monoisotopic (exact) mass is 398 g/mol. The average Bonchev–Trinajstić information content (AvgIpc) is 2.95.